The molecule has 0 unspecified atom stereocenters. The van der Waals surface area contributed by atoms with Crippen molar-refractivity contribution < 1.29 is 9.47 Å². The van der Waals surface area contributed by atoms with Gasteiger partial charge in [0.1, 0.15) is 5.65 Å². The number of nitrogens with zero attached hydrogens (tertiary/aromatic N) is 4. The lowest BCUT2D eigenvalue weighted by Crippen LogP contribution is -2.36. The molecule has 2 aliphatic rings. The molecule has 8 heteroatoms. The molecule has 0 spiro atoms. The Morgan fingerprint density at radius 3 is 2.92 bits per heavy atom. The van der Waals surface area contributed by atoms with Crippen LogP contribution in [-0.4, -0.2) is 50.0 Å². The number of aromatic nitrogens is 5. The maximum absolute atomic E-state index is 13.9. The van der Waals surface area contributed by atoms with Crippen LogP contribution in [0, 0.1) is 13.8 Å². The molecule has 4 aromatic rings. The summed E-state index contributed by atoms with van der Waals surface area (Å²) in [7, 11) is 1.75. The van der Waals surface area contributed by atoms with E-state index in [0.29, 0.717) is 18.8 Å². The number of fused-ring (bicyclic) bond motifs is 2. The van der Waals surface area contributed by atoms with Crippen LogP contribution in [0.4, 0.5) is 0 Å². The van der Waals surface area contributed by atoms with Gasteiger partial charge in [0.05, 0.1) is 24.3 Å². The molecule has 0 saturated carbocycles. The van der Waals surface area contributed by atoms with E-state index >= 15 is 0 Å². The van der Waals surface area contributed by atoms with E-state index in [0.717, 1.165) is 77.5 Å². The summed E-state index contributed by atoms with van der Waals surface area (Å²) < 4.78 is 15.3. The zero-order valence-electron chi connectivity index (χ0n) is 21.2. The van der Waals surface area contributed by atoms with Crippen LogP contribution >= 0.6 is 0 Å². The van der Waals surface area contributed by atoms with Crippen molar-refractivity contribution in [3.05, 3.63) is 52.3 Å². The van der Waals surface area contributed by atoms with Gasteiger partial charge in [-0.25, -0.2) is 19.3 Å². The zero-order chi connectivity index (χ0) is 24.8. The Morgan fingerprint density at radius 1 is 1.22 bits per heavy atom. The first-order valence-electron chi connectivity index (χ1n) is 12.9. The Hall–Kier alpha value is -3.23. The molecule has 36 heavy (non-hydrogen) atoms. The largest absolute Gasteiger partial charge is 0.381 e. The van der Waals surface area contributed by atoms with E-state index in [1.54, 1.807) is 7.11 Å². The monoisotopic (exact) mass is 487 g/mol. The van der Waals surface area contributed by atoms with Crippen molar-refractivity contribution in [2.75, 3.05) is 13.7 Å². The van der Waals surface area contributed by atoms with Crippen LogP contribution in [0.25, 0.3) is 39.0 Å². The number of hydrogen-bond donors (Lipinski definition) is 1. The smallest absolute Gasteiger partial charge is 0.334 e. The van der Waals surface area contributed by atoms with Gasteiger partial charge >= 0.3 is 5.69 Å². The van der Waals surface area contributed by atoms with Crippen molar-refractivity contribution in [3.63, 3.8) is 0 Å². The normalized spacial score (nSPS) is 20.8. The maximum Gasteiger partial charge on any atom is 0.334 e. The fourth-order valence-corrected chi connectivity index (χ4v) is 5.86. The Balaban J connectivity index is 1.50. The molecule has 1 fully saturated rings. The quantitative estimate of drug-likeness (QED) is 0.430. The molecule has 1 N–H and O–H groups in total. The van der Waals surface area contributed by atoms with Gasteiger partial charge in [-0.2, -0.15) is 0 Å². The minimum Gasteiger partial charge on any atom is -0.381 e. The molecule has 188 valence electrons. The average Bonchev–Trinajstić information content (AvgIpc) is 3.42. The number of imidazole rings is 1. The van der Waals surface area contributed by atoms with Crippen molar-refractivity contribution in [2.45, 2.75) is 71.1 Å². The first-order chi connectivity index (χ1) is 17.5. The van der Waals surface area contributed by atoms with Crippen molar-refractivity contribution in [1.29, 1.82) is 0 Å². The minimum atomic E-state index is -0.0771. The van der Waals surface area contributed by atoms with Crippen LogP contribution in [0.2, 0.25) is 0 Å². The first-order valence-corrected chi connectivity index (χ1v) is 12.9. The highest BCUT2D eigenvalue weighted by molar-refractivity contribution is 5.90. The van der Waals surface area contributed by atoms with Gasteiger partial charge in [-0.15, -0.1) is 0 Å². The molecule has 0 bridgehead atoms. The molecular formula is C28H33N5O3. The van der Waals surface area contributed by atoms with Crippen LogP contribution in [-0.2, 0) is 16.0 Å². The predicted molar refractivity (Wildman–Crippen MR) is 141 cm³/mol. The van der Waals surface area contributed by atoms with E-state index < -0.39 is 0 Å². The summed E-state index contributed by atoms with van der Waals surface area (Å²) in [5.41, 5.74) is 7.74. The Kier molecular flexibility index (Phi) is 6.01. The number of aromatic amines is 1. The summed E-state index contributed by atoms with van der Waals surface area (Å²) >= 11 is 0. The topological polar surface area (TPSA) is 87.0 Å². The third kappa shape index (κ3) is 3.89. The highest BCUT2D eigenvalue weighted by Gasteiger charge is 2.26. The zero-order valence-corrected chi connectivity index (χ0v) is 21.2. The highest BCUT2D eigenvalue weighted by Crippen LogP contribution is 2.32. The van der Waals surface area contributed by atoms with Crippen molar-refractivity contribution >= 4 is 27.9 Å². The van der Waals surface area contributed by atoms with E-state index in [2.05, 4.69) is 36.0 Å². The van der Waals surface area contributed by atoms with E-state index in [4.69, 9.17) is 14.5 Å². The second-order valence-corrected chi connectivity index (χ2v) is 10.1. The first kappa shape index (κ1) is 23.2. The van der Waals surface area contributed by atoms with Gasteiger partial charge in [-0.05, 0) is 63.1 Å². The Bertz CT molecular complexity index is 1530. The second kappa shape index (κ2) is 9.33. The van der Waals surface area contributed by atoms with E-state index in [-0.39, 0.29) is 17.9 Å². The van der Waals surface area contributed by atoms with Crippen molar-refractivity contribution in [3.8, 4) is 11.1 Å². The van der Waals surface area contributed by atoms with Gasteiger partial charge in [0.25, 0.3) is 0 Å². The summed E-state index contributed by atoms with van der Waals surface area (Å²) in [6, 6.07) is 2.10. The standard InChI is InChI=1S/C28H33N5O3/c1-17-13-29-26-25(17)18(2)23(15-30-26)19-11-24-27(31-14-19)33(20-7-5-4-6-8-20)28(34)32(24)16-22-12-21(35-3)9-10-36-22/h7,11,13-15,21-22H,4-6,8-10,12,16H2,1-3H3,(H,29,30)/t21-,22+/m0/s1. The molecule has 1 aliphatic carbocycles. The molecule has 6 rings (SSSR count). The number of H-pyrrole nitrogens is 1. The number of ether oxygens (including phenoxy) is 2. The average molecular weight is 488 g/mol. The van der Waals surface area contributed by atoms with Crippen molar-refractivity contribution in [2.24, 2.45) is 0 Å². The van der Waals surface area contributed by atoms with Crippen LogP contribution in [0.3, 0.4) is 0 Å². The van der Waals surface area contributed by atoms with Gasteiger partial charge in [-0.1, -0.05) is 6.08 Å². The third-order valence-corrected chi connectivity index (χ3v) is 7.83. The third-order valence-electron chi connectivity index (χ3n) is 7.83. The van der Waals surface area contributed by atoms with Gasteiger partial charge in [0, 0.05) is 60.9 Å². The predicted octanol–water partition coefficient (Wildman–Crippen LogP) is 4.97. The van der Waals surface area contributed by atoms with Crippen LogP contribution in [0.5, 0.6) is 0 Å². The number of hydrogen-bond acceptors (Lipinski definition) is 5. The van der Waals surface area contributed by atoms with Crippen molar-refractivity contribution in [1.82, 2.24) is 24.1 Å². The van der Waals surface area contributed by atoms with Gasteiger partial charge in [0.15, 0.2) is 5.65 Å². The number of methoxy groups -OCH3 is 1. The summed E-state index contributed by atoms with van der Waals surface area (Å²) in [6.45, 7) is 5.34. The number of allylic oxidation sites excluding steroid dienone is 2. The second-order valence-electron chi connectivity index (χ2n) is 10.1. The van der Waals surface area contributed by atoms with E-state index in [9.17, 15) is 4.79 Å². The molecule has 1 saturated heterocycles. The summed E-state index contributed by atoms with van der Waals surface area (Å²) in [4.78, 5) is 26.6. The number of aryl methyl sites for hydroxylation is 2. The molecule has 8 nitrogen and oxygen atoms in total. The molecule has 2 atom stereocenters. The van der Waals surface area contributed by atoms with Crippen LogP contribution < -0.4 is 5.69 Å². The maximum atomic E-state index is 13.9. The number of pyridine rings is 2. The number of nitrogens with one attached hydrogen (secondary N) is 1. The van der Waals surface area contributed by atoms with E-state index in [1.165, 1.54) is 5.56 Å². The summed E-state index contributed by atoms with van der Waals surface area (Å²) in [5.74, 6) is 0. The van der Waals surface area contributed by atoms with Crippen LogP contribution in [0.15, 0.2) is 35.5 Å². The fraction of sp³-hybridized carbons (Fsp3) is 0.464. The lowest BCUT2D eigenvalue weighted by atomic mass is 10.0. The SMILES string of the molecule is CO[C@H]1CCO[C@@H](Cn2c(=O)n(C3=CCCCC3)c3ncc(-c4cnc5[nH]cc(C)c5c4C)cc32)C1. The van der Waals surface area contributed by atoms with Gasteiger partial charge < -0.3 is 14.5 Å². The Labute approximate surface area is 210 Å². The molecule has 5 heterocycles. The summed E-state index contributed by atoms with van der Waals surface area (Å²) in [6.07, 6.45) is 13.8. The fourth-order valence-electron chi connectivity index (χ4n) is 5.86. The molecule has 0 aromatic carbocycles. The Morgan fingerprint density at radius 2 is 2.11 bits per heavy atom. The molecule has 0 amide bonds. The van der Waals surface area contributed by atoms with Gasteiger partial charge in [0.2, 0.25) is 0 Å². The molecule has 0 radical (unpaired) electrons. The van der Waals surface area contributed by atoms with E-state index in [1.807, 2.05) is 27.7 Å². The number of rotatable bonds is 5. The lowest BCUT2D eigenvalue weighted by molar-refractivity contribution is -0.0638. The highest BCUT2D eigenvalue weighted by atomic mass is 16.5. The lowest BCUT2D eigenvalue weighted by Gasteiger charge is -2.28. The minimum absolute atomic E-state index is 0.0438. The molecule has 4 aromatic heterocycles. The molecular weight excluding hydrogens is 454 g/mol. The summed E-state index contributed by atoms with van der Waals surface area (Å²) in [5, 5.41) is 1.14. The molecule has 1 aliphatic heterocycles. The van der Waals surface area contributed by atoms with Crippen LogP contribution in [0.1, 0.15) is 49.7 Å². The van der Waals surface area contributed by atoms with Gasteiger partial charge in [-0.3, -0.25) is 4.57 Å².